The number of hydrogen-bond donors (Lipinski definition) is 1. The van der Waals surface area contributed by atoms with E-state index in [0.29, 0.717) is 11.7 Å². The minimum absolute atomic E-state index is 0.470. The minimum atomic E-state index is 0.470. The SMILES string of the molecule is [2H]c1cc(N)cc2ccc(-c3ccc4ccccc4c3)cc12. The minimum Gasteiger partial charge on any atom is -0.399 e. The molecular weight excluding hydrogens is 254 g/mol. The zero-order valence-electron chi connectivity index (χ0n) is 12.5. The van der Waals surface area contributed by atoms with E-state index < -0.39 is 0 Å². The monoisotopic (exact) mass is 270 g/mol. The highest BCUT2D eigenvalue weighted by atomic mass is 14.5. The van der Waals surface area contributed by atoms with Crippen molar-refractivity contribution in [2.75, 3.05) is 5.73 Å². The van der Waals surface area contributed by atoms with Gasteiger partial charge in [0.05, 0.1) is 1.37 Å². The van der Waals surface area contributed by atoms with Gasteiger partial charge < -0.3 is 5.73 Å². The number of nitrogen functional groups attached to an aromatic ring is 1. The predicted octanol–water partition coefficient (Wildman–Crippen LogP) is 5.24. The van der Waals surface area contributed by atoms with Crippen molar-refractivity contribution in [3.05, 3.63) is 78.8 Å². The van der Waals surface area contributed by atoms with Gasteiger partial charge in [-0.15, -0.1) is 0 Å². The van der Waals surface area contributed by atoms with Crippen molar-refractivity contribution in [2.45, 2.75) is 0 Å². The molecule has 0 spiro atoms. The summed E-state index contributed by atoms with van der Waals surface area (Å²) in [5.74, 6) is 0. The lowest BCUT2D eigenvalue weighted by molar-refractivity contribution is 1.67. The molecule has 0 saturated carbocycles. The Morgan fingerprint density at radius 2 is 1.24 bits per heavy atom. The number of nitrogens with two attached hydrogens (primary N) is 1. The molecule has 2 N–H and O–H groups in total. The van der Waals surface area contributed by atoms with Crippen molar-refractivity contribution in [2.24, 2.45) is 0 Å². The molecule has 0 amide bonds. The largest absolute Gasteiger partial charge is 0.399 e. The van der Waals surface area contributed by atoms with Crippen LogP contribution in [0.25, 0.3) is 32.7 Å². The lowest BCUT2D eigenvalue weighted by Crippen LogP contribution is -1.84. The van der Waals surface area contributed by atoms with Crippen LogP contribution in [0.2, 0.25) is 0 Å². The Bertz CT molecular complexity index is 1000. The van der Waals surface area contributed by atoms with Crippen LogP contribution in [0.5, 0.6) is 0 Å². The summed E-state index contributed by atoms with van der Waals surface area (Å²) in [5, 5.41) is 4.40. The lowest BCUT2D eigenvalue weighted by atomic mass is 9.98. The molecule has 0 aliphatic rings. The van der Waals surface area contributed by atoms with Crippen LogP contribution in [0.15, 0.2) is 78.8 Å². The summed E-state index contributed by atoms with van der Waals surface area (Å²) in [6, 6.07) is 25.1. The average molecular weight is 270 g/mol. The van der Waals surface area contributed by atoms with Crippen LogP contribution >= 0.6 is 0 Å². The zero-order valence-corrected chi connectivity index (χ0v) is 11.5. The third-order valence-corrected chi connectivity index (χ3v) is 3.85. The fourth-order valence-corrected chi connectivity index (χ4v) is 2.74. The van der Waals surface area contributed by atoms with Crippen molar-refractivity contribution in [1.82, 2.24) is 0 Å². The van der Waals surface area contributed by atoms with Gasteiger partial charge in [0.15, 0.2) is 0 Å². The highest BCUT2D eigenvalue weighted by molar-refractivity contribution is 5.92. The van der Waals surface area contributed by atoms with Crippen LogP contribution in [0.1, 0.15) is 1.37 Å². The van der Waals surface area contributed by atoms with Gasteiger partial charge in [0.1, 0.15) is 0 Å². The van der Waals surface area contributed by atoms with Crippen LogP contribution < -0.4 is 5.73 Å². The van der Waals surface area contributed by atoms with E-state index in [4.69, 9.17) is 7.10 Å². The van der Waals surface area contributed by atoms with Gasteiger partial charge >= 0.3 is 0 Å². The Morgan fingerprint density at radius 3 is 2.05 bits per heavy atom. The van der Waals surface area contributed by atoms with Crippen molar-refractivity contribution < 1.29 is 1.37 Å². The summed E-state index contributed by atoms with van der Waals surface area (Å²) >= 11 is 0. The van der Waals surface area contributed by atoms with Crippen LogP contribution in [0, 0.1) is 0 Å². The predicted molar refractivity (Wildman–Crippen MR) is 91.3 cm³/mol. The normalized spacial score (nSPS) is 11.7. The number of hydrogen-bond acceptors (Lipinski definition) is 1. The lowest BCUT2D eigenvalue weighted by Gasteiger charge is -2.06. The first-order valence-corrected chi connectivity index (χ1v) is 7.00. The van der Waals surface area contributed by atoms with Crippen LogP contribution in [-0.4, -0.2) is 0 Å². The summed E-state index contributed by atoms with van der Waals surface area (Å²) in [7, 11) is 0. The number of rotatable bonds is 1. The maximum atomic E-state index is 8.11. The summed E-state index contributed by atoms with van der Waals surface area (Å²) in [5.41, 5.74) is 8.74. The molecule has 0 fully saturated rings. The Labute approximate surface area is 125 Å². The van der Waals surface area contributed by atoms with E-state index in [1.54, 1.807) is 6.07 Å². The third kappa shape index (κ3) is 2.13. The standard InChI is InChI=1S/C20H15N/c21-20-10-9-18-12-17(7-8-19(18)13-20)16-6-5-14-3-1-2-4-15(14)11-16/h1-13H,21H2/i9D. The van der Waals surface area contributed by atoms with E-state index in [0.717, 1.165) is 21.9 Å². The van der Waals surface area contributed by atoms with E-state index in [1.807, 2.05) is 12.1 Å². The van der Waals surface area contributed by atoms with Crippen molar-refractivity contribution in [3.8, 4) is 11.1 Å². The number of benzene rings is 4. The van der Waals surface area contributed by atoms with Gasteiger partial charge in [-0.2, -0.15) is 0 Å². The van der Waals surface area contributed by atoms with E-state index in [2.05, 4.69) is 54.6 Å². The molecule has 4 rings (SSSR count). The van der Waals surface area contributed by atoms with Gasteiger partial charge in [-0.25, -0.2) is 0 Å². The van der Waals surface area contributed by atoms with Gasteiger partial charge in [0.25, 0.3) is 0 Å². The molecule has 0 aromatic heterocycles. The van der Waals surface area contributed by atoms with Crippen molar-refractivity contribution >= 4 is 27.2 Å². The fourth-order valence-electron chi connectivity index (χ4n) is 2.74. The molecule has 1 heteroatoms. The summed E-state index contributed by atoms with van der Waals surface area (Å²) in [6.45, 7) is 0. The second kappa shape index (κ2) is 4.64. The van der Waals surface area contributed by atoms with E-state index in [-0.39, 0.29) is 0 Å². The number of fused-ring (bicyclic) bond motifs is 2. The van der Waals surface area contributed by atoms with E-state index in [9.17, 15) is 0 Å². The Morgan fingerprint density at radius 1 is 0.619 bits per heavy atom. The Kier molecular flexibility index (Phi) is 2.41. The maximum absolute atomic E-state index is 8.11. The molecule has 0 radical (unpaired) electrons. The number of anilines is 1. The topological polar surface area (TPSA) is 26.0 Å². The highest BCUT2D eigenvalue weighted by Crippen LogP contribution is 2.28. The van der Waals surface area contributed by atoms with Crippen molar-refractivity contribution in [3.63, 3.8) is 0 Å². The molecule has 0 unspecified atom stereocenters. The smallest absolute Gasteiger partial charge is 0.0630 e. The van der Waals surface area contributed by atoms with Gasteiger partial charge in [-0.3, -0.25) is 0 Å². The molecule has 4 aromatic carbocycles. The first-order valence-electron chi connectivity index (χ1n) is 7.50. The fraction of sp³-hybridized carbons (Fsp3) is 0. The molecule has 0 atom stereocenters. The molecule has 21 heavy (non-hydrogen) atoms. The Balaban J connectivity index is 1.92. The molecule has 1 nitrogen and oxygen atoms in total. The second-order valence-corrected chi connectivity index (χ2v) is 5.30. The van der Waals surface area contributed by atoms with Crippen LogP contribution in [0.3, 0.4) is 0 Å². The van der Waals surface area contributed by atoms with Gasteiger partial charge in [-0.05, 0) is 56.9 Å². The first kappa shape index (κ1) is 10.9. The summed E-state index contributed by atoms with van der Waals surface area (Å²) in [6.07, 6.45) is 0. The Hall–Kier alpha value is -2.80. The second-order valence-electron chi connectivity index (χ2n) is 5.30. The van der Waals surface area contributed by atoms with E-state index in [1.165, 1.54) is 10.8 Å². The van der Waals surface area contributed by atoms with E-state index >= 15 is 0 Å². The summed E-state index contributed by atoms with van der Waals surface area (Å²) < 4.78 is 8.11. The molecule has 0 saturated heterocycles. The average Bonchev–Trinajstić information content (AvgIpc) is 2.54. The molecule has 0 heterocycles. The maximum Gasteiger partial charge on any atom is 0.0630 e. The molecule has 0 aliphatic heterocycles. The molecular formula is C20H15N. The first-order chi connectivity index (χ1) is 10.7. The third-order valence-electron chi connectivity index (χ3n) is 3.85. The van der Waals surface area contributed by atoms with Crippen LogP contribution in [0.4, 0.5) is 5.69 Å². The van der Waals surface area contributed by atoms with Gasteiger partial charge in [0, 0.05) is 5.69 Å². The highest BCUT2D eigenvalue weighted by Gasteiger charge is 2.02. The summed E-state index contributed by atoms with van der Waals surface area (Å²) in [4.78, 5) is 0. The quantitative estimate of drug-likeness (QED) is 0.470. The van der Waals surface area contributed by atoms with Crippen LogP contribution in [-0.2, 0) is 0 Å². The van der Waals surface area contributed by atoms with Crippen molar-refractivity contribution in [1.29, 1.82) is 0 Å². The van der Waals surface area contributed by atoms with Gasteiger partial charge in [-0.1, -0.05) is 54.6 Å². The zero-order chi connectivity index (χ0) is 15.1. The van der Waals surface area contributed by atoms with Gasteiger partial charge in [0.2, 0.25) is 0 Å². The molecule has 4 aromatic rings. The molecule has 0 bridgehead atoms. The molecule has 100 valence electrons. The molecule has 0 aliphatic carbocycles.